The number of anilines is 1. The number of nitrogens with two attached hydrogens (primary N) is 1. The Morgan fingerprint density at radius 3 is 2.25 bits per heavy atom. The molecule has 0 aliphatic heterocycles. The Morgan fingerprint density at radius 2 is 1.68 bits per heavy atom. The minimum atomic E-state index is -4.68. The minimum absolute atomic E-state index is 0.250. The van der Waals surface area contributed by atoms with Crippen LogP contribution in [-0.4, -0.2) is 54.6 Å². The van der Waals surface area contributed by atoms with E-state index >= 15 is 0 Å². The van der Waals surface area contributed by atoms with Crippen molar-refractivity contribution in [1.29, 1.82) is 0 Å². The summed E-state index contributed by atoms with van der Waals surface area (Å²) in [5, 5.41) is 10.0. The first-order valence-electron chi connectivity index (χ1n) is 18.0. The van der Waals surface area contributed by atoms with Crippen molar-refractivity contribution < 1.29 is 44.3 Å². The molecular formula is C40H41ClF9N7OS2. The predicted molar refractivity (Wildman–Crippen MR) is 219 cm³/mol. The molecule has 60 heavy (non-hydrogen) atoms. The summed E-state index contributed by atoms with van der Waals surface area (Å²) in [5.41, 5.74) is 5.14. The maximum atomic E-state index is 14.3. The van der Waals surface area contributed by atoms with Gasteiger partial charge in [-0.15, -0.1) is 11.8 Å². The third kappa shape index (κ3) is 11.6. The van der Waals surface area contributed by atoms with Gasteiger partial charge in [-0.25, -0.2) is 22.5 Å². The molecule has 0 spiro atoms. The summed E-state index contributed by atoms with van der Waals surface area (Å²) in [6.45, 7) is 7.44. The number of aromatic nitrogens is 5. The zero-order valence-corrected chi connectivity index (χ0v) is 35.7. The van der Waals surface area contributed by atoms with E-state index < -0.39 is 65.5 Å². The first-order valence-corrected chi connectivity index (χ1v) is 20.8. The van der Waals surface area contributed by atoms with Crippen molar-refractivity contribution in [2.75, 3.05) is 17.2 Å². The molecule has 1 unspecified atom stereocenters. The van der Waals surface area contributed by atoms with Gasteiger partial charge in [-0.1, -0.05) is 49.4 Å². The van der Waals surface area contributed by atoms with Crippen LogP contribution >= 0.6 is 35.3 Å². The van der Waals surface area contributed by atoms with E-state index in [1.54, 1.807) is 41.3 Å². The van der Waals surface area contributed by atoms with Crippen LogP contribution in [-0.2, 0) is 29.9 Å². The summed E-state index contributed by atoms with van der Waals surface area (Å²) in [6.07, 6.45) is -0.970. The van der Waals surface area contributed by atoms with Crippen molar-refractivity contribution in [2.45, 2.75) is 88.6 Å². The highest BCUT2D eigenvalue weighted by molar-refractivity contribution is 8.00. The van der Waals surface area contributed by atoms with Gasteiger partial charge in [-0.2, -0.15) is 32.1 Å². The lowest BCUT2D eigenvalue weighted by Gasteiger charge is -2.19. The maximum absolute atomic E-state index is 14.3. The maximum Gasteiger partial charge on any atom is 0.435 e. The van der Waals surface area contributed by atoms with Gasteiger partial charge in [-0.3, -0.25) is 14.6 Å². The molecule has 8 nitrogen and oxygen atoms in total. The Kier molecular flexibility index (Phi) is 15.3. The lowest BCUT2D eigenvalue weighted by atomic mass is 9.90. The standard InChI is InChI=1S/C31H31ClF4N4S2.C8H7F5N2.CH3NO/c1-18(13-19-14-20(33)16-21(34)15-19)27-23(8-7-22(37-27)11-12-30(2,3)41-5)24-9-10-25(32)26-28(24)40(17-31(4,35)36)38-29(26)39-42-6;1-3-2-7(9,10)5-4(3)6(15-14-5)8(11,12)13;2-1-3/h7-10,14-16,18H,13,17H2,1-6H3,(H,38,39);3H,2H2,1H3,(H,14,15);1H,(H2,2,3)/t;3-;/m.0./s1. The highest BCUT2D eigenvalue weighted by Gasteiger charge is 2.51. The second-order valence-corrected chi connectivity index (χ2v) is 16.9. The fourth-order valence-corrected chi connectivity index (χ4v) is 7.28. The molecule has 0 fully saturated rings. The summed E-state index contributed by atoms with van der Waals surface area (Å²) < 4.78 is 124. The monoisotopic (exact) mass is 905 g/mol. The highest BCUT2D eigenvalue weighted by Crippen LogP contribution is 2.51. The van der Waals surface area contributed by atoms with E-state index in [0.29, 0.717) is 49.8 Å². The molecule has 1 aliphatic carbocycles. The number of carbonyl (C=O) groups excluding carboxylic acids is 1. The van der Waals surface area contributed by atoms with Gasteiger partial charge in [0.25, 0.3) is 11.8 Å². The van der Waals surface area contributed by atoms with E-state index in [0.717, 1.165) is 13.0 Å². The van der Waals surface area contributed by atoms with Crippen LogP contribution in [0.2, 0.25) is 5.02 Å². The molecule has 0 bridgehead atoms. The first-order chi connectivity index (χ1) is 27.9. The number of amides is 1. The van der Waals surface area contributed by atoms with E-state index in [1.165, 1.54) is 35.7 Å². The Morgan fingerprint density at radius 1 is 1.07 bits per heavy atom. The zero-order chi connectivity index (χ0) is 45.0. The van der Waals surface area contributed by atoms with Crippen LogP contribution in [0.1, 0.15) is 86.8 Å². The summed E-state index contributed by atoms with van der Waals surface area (Å²) >= 11 is 9.49. The van der Waals surface area contributed by atoms with E-state index in [-0.39, 0.29) is 23.5 Å². The van der Waals surface area contributed by atoms with E-state index in [9.17, 15) is 39.5 Å². The van der Waals surface area contributed by atoms with Gasteiger partial charge in [0.15, 0.2) is 11.5 Å². The van der Waals surface area contributed by atoms with Crippen molar-refractivity contribution in [3.63, 3.8) is 0 Å². The number of aromatic amines is 1. The third-order valence-electron chi connectivity index (χ3n) is 9.11. The lowest BCUT2D eigenvalue weighted by molar-refractivity contribution is -0.142. The van der Waals surface area contributed by atoms with E-state index in [4.69, 9.17) is 21.4 Å². The molecule has 0 saturated heterocycles. The van der Waals surface area contributed by atoms with Gasteiger partial charge in [0.1, 0.15) is 29.6 Å². The molecule has 0 saturated carbocycles. The number of hydrogen-bond acceptors (Lipinski definition) is 7. The van der Waals surface area contributed by atoms with Crippen LogP contribution in [0.4, 0.5) is 45.3 Å². The largest absolute Gasteiger partial charge is 0.435 e. The molecule has 1 aliphatic rings. The fraction of sp³-hybridized carbons (Fsp3) is 0.400. The number of fused-ring (bicyclic) bond motifs is 2. The van der Waals surface area contributed by atoms with Crippen molar-refractivity contribution in [3.8, 4) is 23.0 Å². The summed E-state index contributed by atoms with van der Waals surface area (Å²) in [7, 11) is 0. The second kappa shape index (κ2) is 19.0. The number of hydrogen-bond donors (Lipinski definition) is 3. The van der Waals surface area contributed by atoms with Crippen molar-refractivity contribution in [3.05, 3.63) is 93.0 Å². The number of halogens is 10. The van der Waals surface area contributed by atoms with Gasteiger partial charge in [0, 0.05) is 48.3 Å². The Bertz CT molecular complexity index is 2360. The third-order valence-corrected chi connectivity index (χ3v) is 10.9. The summed E-state index contributed by atoms with van der Waals surface area (Å²) in [4.78, 5) is 13.5. The number of thioether (sulfide) groups is 1. The molecule has 2 aromatic carbocycles. The number of nitrogens with zero attached hydrogens (tertiary/aromatic N) is 4. The molecular weight excluding hydrogens is 865 g/mol. The smallest absolute Gasteiger partial charge is 0.372 e. The highest BCUT2D eigenvalue weighted by atomic mass is 35.5. The number of rotatable bonds is 9. The molecule has 6 rings (SSSR count). The van der Waals surface area contributed by atoms with Crippen LogP contribution < -0.4 is 10.5 Å². The second-order valence-electron chi connectivity index (χ2n) is 14.5. The Hall–Kier alpha value is -4.54. The van der Waals surface area contributed by atoms with Crippen molar-refractivity contribution in [2.24, 2.45) is 5.73 Å². The molecule has 3 aromatic heterocycles. The van der Waals surface area contributed by atoms with E-state index in [1.807, 2.05) is 33.1 Å². The van der Waals surface area contributed by atoms with Crippen molar-refractivity contribution >= 4 is 58.4 Å². The number of nitrogens with one attached hydrogen (secondary N) is 2. The number of benzene rings is 2. The molecule has 3 heterocycles. The molecule has 1 amide bonds. The van der Waals surface area contributed by atoms with E-state index in [2.05, 4.69) is 32.5 Å². The quantitative estimate of drug-likeness (QED) is 0.0584. The van der Waals surface area contributed by atoms with Crippen LogP contribution in [0, 0.1) is 23.5 Å². The number of pyridine rings is 1. The minimum Gasteiger partial charge on any atom is -0.372 e. The topological polar surface area (TPSA) is 115 Å². The molecule has 2 atom stereocenters. The molecule has 324 valence electrons. The van der Waals surface area contributed by atoms with Gasteiger partial charge in [0.05, 0.1) is 26.4 Å². The number of alkyl halides is 7. The summed E-state index contributed by atoms with van der Waals surface area (Å²) in [6, 6.07) is 10.5. The number of H-pyrrole nitrogens is 1. The first kappa shape index (κ1) is 48.1. The number of primary amides is 1. The van der Waals surface area contributed by atoms with Crippen LogP contribution in [0.5, 0.6) is 0 Å². The lowest BCUT2D eigenvalue weighted by Crippen LogP contribution is -2.20. The Labute approximate surface area is 354 Å². The van der Waals surface area contributed by atoms with Gasteiger partial charge >= 0.3 is 6.18 Å². The molecule has 0 radical (unpaired) electrons. The SMILES string of the molecule is CSNc1nn(CC(C)(F)F)c2c(-c3ccc(C#CC(C)(C)SC)nc3C(C)Cc3cc(F)cc(F)c3)ccc(Cl)c12.C[C@H]1CC(F)(F)c2[nH]nc(C(F)(F)F)c21.NC=O. The molecule has 20 heteroatoms. The van der Waals surface area contributed by atoms with Crippen LogP contribution in [0.25, 0.3) is 22.0 Å². The molecule has 4 N–H and O–H groups in total. The molecule has 5 aromatic rings. The fourth-order valence-electron chi connectivity index (χ4n) is 6.55. The normalized spacial score (nSPS) is 15.2. The van der Waals surface area contributed by atoms with Gasteiger partial charge < -0.3 is 10.5 Å². The van der Waals surface area contributed by atoms with Crippen LogP contribution in [0.15, 0.2) is 42.5 Å². The number of carbonyl (C=O) groups is 1. The predicted octanol–water partition coefficient (Wildman–Crippen LogP) is 11.3. The van der Waals surface area contributed by atoms with Gasteiger partial charge in [0.2, 0.25) is 6.41 Å². The Balaban J connectivity index is 0.000000364. The average Bonchev–Trinajstić information content (AvgIpc) is 3.80. The average molecular weight is 906 g/mol. The van der Waals surface area contributed by atoms with Crippen molar-refractivity contribution in [1.82, 2.24) is 25.0 Å². The zero-order valence-electron chi connectivity index (χ0n) is 33.3. The summed E-state index contributed by atoms with van der Waals surface area (Å²) in [5.74, 6) is -2.01. The van der Waals surface area contributed by atoms with Crippen LogP contribution in [0.3, 0.4) is 0 Å². The van der Waals surface area contributed by atoms with Gasteiger partial charge in [-0.05, 0) is 74.3 Å².